The molecule has 0 spiro atoms. The van der Waals surface area contributed by atoms with Crippen molar-refractivity contribution in [2.75, 3.05) is 0 Å². The number of aromatic nitrogens is 2. The molecule has 0 saturated carbocycles. The van der Waals surface area contributed by atoms with Gasteiger partial charge in [-0.25, -0.2) is 9.59 Å². The van der Waals surface area contributed by atoms with E-state index in [4.69, 9.17) is 9.47 Å². The summed E-state index contributed by atoms with van der Waals surface area (Å²) >= 11 is 0. The van der Waals surface area contributed by atoms with Gasteiger partial charge in [0.1, 0.15) is 17.7 Å². The maximum absolute atomic E-state index is 13.6. The normalized spacial score (nSPS) is 19.0. The van der Waals surface area contributed by atoms with Gasteiger partial charge >= 0.3 is 24.2 Å². The molecule has 1 aromatic carbocycles. The molecule has 9 nitrogen and oxygen atoms in total. The number of hydrogen-bond donors (Lipinski definition) is 2. The first-order chi connectivity index (χ1) is 18.8. The number of amides is 1. The van der Waals surface area contributed by atoms with Gasteiger partial charge in [-0.15, -0.1) is 0 Å². The molecular weight excluding hydrogens is 543 g/mol. The maximum Gasteiger partial charge on any atom is 0.416 e. The Balaban J connectivity index is 1.99. The molecule has 0 aliphatic heterocycles. The minimum Gasteiger partial charge on any atom is -0.481 e. The van der Waals surface area contributed by atoms with Crippen LogP contribution in [0.1, 0.15) is 77.8 Å². The number of rotatable bonds is 6. The first-order valence-electron chi connectivity index (χ1n) is 13.2. The van der Waals surface area contributed by atoms with Crippen LogP contribution in [0.3, 0.4) is 0 Å². The molecule has 41 heavy (non-hydrogen) atoms. The number of ether oxygens (including phenoxy) is 2. The number of benzene rings is 1. The molecule has 0 radical (unpaired) electrons. The summed E-state index contributed by atoms with van der Waals surface area (Å²) in [6.45, 7) is 11.7. The van der Waals surface area contributed by atoms with Crippen molar-refractivity contribution >= 4 is 18.0 Å². The number of aliphatic carboxylic acids is 1. The van der Waals surface area contributed by atoms with E-state index >= 15 is 0 Å². The number of carbonyl (C=O) groups is 3. The fraction of sp³-hybridized carbons (Fsp3) is 0.552. The number of carboxylic acids is 1. The number of hydrogen-bond acceptors (Lipinski definition) is 7. The number of nitrogens with zero attached hydrogens (tertiary/aromatic N) is 2. The maximum atomic E-state index is 13.6. The number of carbonyl (C=O) groups excluding carboxylic acids is 2. The van der Waals surface area contributed by atoms with Gasteiger partial charge in [0, 0.05) is 11.1 Å². The van der Waals surface area contributed by atoms with Gasteiger partial charge < -0.3 is 19.9 Å². The fourth-order valence-electron chi connectivity index (χ4n) is 4.82. The van der Waals surface area contributed by atoms with Gasteiger partial charge in [-0.2, -0.15) is 23.4 Å². The summed E-state index contributed by atoms with van der Waals surface area (Å²) in [4.78, 5) is 38.6. The number of fused-ring (bicyclic) bond motifs is 1. The Kier molecular flexibility index (Phi) is 9.05. The van der Waals surface area contributed by atoms with Gasteiger partial charge in [0.05, 0.1) is 22.9 Å². The van der Waals surface area contributed by atoms with Gasteiger partial charge in [-0.05, 0) is 63.1 Å². The molecule has 0 fully saturated rings. The largest absolute Gasteiger partial charge is 0.481 e. The molecule has 0 bridgehead atoms. The number of carboxylic acid groups (broad SMARTS) is 1. The van der Waals surface area contributed by atoms with E-state index < -0.39 is 58.9 Å². The van der Waals surface area contributed by atoms with Crippen molar-refractivity contribution in [3.05, 3.63) is 47.2 Å². The highest BCUT2D eigenvalue weighted by atomic mass is 19.4. The molecule has 3 rings (SSSR count). The van der Waals surface area contributed by atoms with E-state index in [0.717, 1.165) is 12.1 Å². The quantitative estimate of drug-likeness (QED) is 0.401. The van der Waals surface area contributed by atoms with E-state index in [1.807, 2.05) is 6.92 Å². The van der Waals surface area contributed by atoms with Crippen LogP contribution in [-0.2, 0) is 31.7 Å². The predicted octanol–water partition coefficient (Wildman–Crippen LogP) is 5.97. The average Bonchev–Trinajstić information content (AvgIpc) is 2.80. The number of halogens is 3. The first-order valence-corrected chi connectivity index (χ1v) is 13.2. The van der Waals surface area contributed by atoms with Crippen LogP contribution in [0, 0.1) is 17.3 Å². The van der Waals surface area contributed by atoms with Crippen molar-refractivity contribution in [2.24, 2.45) is 17.3 Å². The van der Waals surface area contributed by atoms with Crippen LogP contribution in [-0.4, -0.2) is 45.0 Å². The van der Waals surface area contributed by atoms with E-state index in [-0.39, 0.29) is 17.2 Å². The van der Waals surface area contributed by atoms with Gasteiger partial charge in [-0.1, -0.05) is 39.8 Å². The molecule has 1 aromatic heterocycles. The zero-order valence-corrected chi connectivity index (χ0v) is 24.1. The van der Waals surface area contributed by atoms with Gasteiger partial charge in [-0.3, -0.25) is 4.79 Å². The molecular formula is C29H36F3N3O6. The summed E-state index contributed by atoms with van der Waals surface area (Å²) in [7, 11) is 0. The van der Waals surface area contributed by atoms with Crippen molar-refractivity contribution in [1.82, 2.24) is 15.5 Å². The fourth-order valence-corrected chi connectivity index (χ4v) is 4.82. The van der Waals surface area contributed by atoms with Crippen LogP contribution < -0.4 is 5.32 Å². The van der Waals surface area contributed by atoms with Crippen LogP contribution in [0.25, 0.3) is 11.3 Å². The lowest BCUT2D eigenvalue weighted by molar-refractivity contribution is -0.163. The third-order valence-corrected chi connectivity index (χ3v) is 6.61. The van der Waals surface area contributed by atoms with Crippen LogP contribution >= 0.6 is 0 Å². The van der Waals surface area contributed by atoms with Crippen LogP contribution in [0.2, 0.25) is 0 Å². The second kappa shape index (κ2) is 11.7. The minimum atomic E-state index is -4.55. The highest BCUT2D eigenvalue weighted by molar-refractivity contribution is 5.88. The standard InChI is InChI=1S/C29H36F3N3O6/c1-15-11-20-18(14-19(34-35-20)16-9-8-10-17(13-16)29(30,31)32)21(12-15)40-25(38)23(22(24(36)37)27(2,3)4)33-26(39)41-28(5,6)7/h8-10,13-15,21-23H,11-12H2,1-7H3,(H,33,39)(H,36,37). The summed E-state index contributed by atoms with van der Waals surface area (Å²) in [6, 6.07) is 4.60. The third-order valence-electron chi connectivity index (χ3n) is 6.61. The molecule has 4 atom stereocenters. The van der Waals surface area contributed by atoms with Gasteiger partial charge in [0.25, 0.3) is 0 Å². The molecule has 2 aromatic rings. The molecule has 0 saturated heterocycles. The monoisotopic (exact) mass is 579 g/mol. The summed E-state index contributed by atoms with van der Waals surface area (Å²) in [6.07, 6.45) is -5.59. The summed E-state index contributed by atoms with van der Waals surface area (Å²) in [5, 5.41) is 20.8. The third kappa shape index (κ3) is 8.17. The summed E-state index contributed by atoms with van der Waals surface area (Å²) < 4.78 is 51.0. The lowest BCUT2D eigenvalue weighted by Crippen LogP contribution is -2.54. The highest BCUT2D eigenvalue weighted by Crippen LogP contribution is 2.38. The summed E-state index contributed by atoms with van der Waals surface area (Å²) in [5.74, 6) is -3.67. The number of alkyl halides is 3. The molecule has 12 heteroatoms. The number of alkyl carbamates (subject to hydrolysis) is 1. The SMILES string of the molecule is CC1Cc2nnc(-c3cccc(C(F)(F)F)c3)cc2C(OC(=O)C(NC(=O)OC(C)(C)C)C(C(=O)O)C(C)(C)C)C1. The lowest BCUT2D eigenvalue weighted by atomic mass is 9.76. The second-order valence-corrected chi connectivity index (χ2v) is 12.5. The Morgan fingerprint density at radius 2 is 1.71 bits per heavy atom. The van der Waals surface area contributed by atoms with Crippen molar-refractivity contribution in [1.29, 1.82) is 0 Å². The number of nitrogens with one attached hydrogen (secondary N) is 1. The number of esters is 1. The van der Waals surface area contributed by atoms with E-state index in [1.54, 1.807) is 41.5 Å². The Bertz CT molecular complexity index is 1300. The topological polar surface area (TPSA) is 128 Å². The molecule has 224 valence electrons. The molecule has 1 amide bonds. The average molecular weight is 580 g/mol. The summed E-state index contributed by atoms with van der Waals surface area (Å²) in [5.41, 5.74) is -1.41. The van der Waals surface area contributed by atoms with E-state index in [0.29, 0.717) is 24.1 Å². The van der Waals surface area contributed by atoms with Gasteiger partial charge in [0.2, 0.25) is 0 Å². The van der Waals surface area contributed by atoms with Gasteiger partial charge in [0.15, 0.2) is 0 Å². The van der Waals surface area contributed by atoms with Crippen LogP contribution in [0.5, 0.6) is 0 Å². The van der Waals surface area contributed by atoms with Crippen LogP contribution in [0.4, 0.5) is 18.0 Å². The Morgan fingerprint density at radius 1 is 1.05 bits per heavy atom. The van der Waals surface area contributed by atoms with E-state index in [1.165, 1.54) is 18.2 Å². The Hall–Kier alpha value is -3.70. The van der Waals surface area contributed by atoms with Crippen LogP contribution in [0.15, 0.2) is 30.3 Å². The zero-order valence-electron chi connectivity index (χ0n) is 24.1. The lowest BCUT2D eigenvalue weighted by Gasteiger charge is -2.35. The molecule has 4 unspecified atom stereocenters. The molecule has 2 N–H and O–H groups in total. The van der Waals surface area contributed by atoms with Crippen molar-refractivity contribution in [3.63, 3.8) is 0 Å². The Labute approximate surface area is 236 Å². The zero-order chi connectivity index (χ0) is 30.9. The Morgan fingerprint density at radius 3 is 2.27 bits per heavy atom. The first kappa shape index (κ1) is 31.8. The smallest absolute Gasteiger partial charge is 0.416 e. The minimum absolute atomic E-state index is 0.00385. The van der Waals surface area contributed by atoms with Crippen molar-refractivity contribution in [2.45, 2.75) is 85.2 Å². The van der Waals surface area contributed by atoms with E-state index in [9.17, 15) is 32.7 Å². The molecule has 1 aliphatic carbocycles. The highest BCUT2D eigenvalue weighted by Gasteiger charge is 2.45. The van der Waals surface area contributed by atoms with Crippen molar-refractivity contribution < 1.29 is 42.1 Å². The molecule has 1 heterocycles. The van der Waals surface area contributed by atoms with E-state index in [2.05, 4.69) is 15.5 Å². The molecule has 1 aliphatic rings. The predicted molar refractivity (Wildman–Crippen MR) is 143 cm³/mol. The van der Waals surface area contributed by atoms with Crippen molar-refractivity contribution in [3.8, 4) is 11.3 Å². The second-order valence-electron chi connectivity index (χ2n) is 12.5.